The van der Waals surface area contributed by atoms with E-state index in [0.717, 1.165) is 11.1 Å². The maximum absolute atomic E-state index is 13.9. The van der Waals surface area contributed by atoms with Crippen molar-refractivity contribution >= 4 is 11.8 Å². The first-order valence-electron chi connectivity index (χ1n) is 7.49. The first-order valence-corrected chi connectivity index (χ1v) is 8.71. The molecule has 0 aliphatic rings. The Morgan fingerprint density at radius 1 is 1.16 bits per heavy atom. The minimum atomic E-state index is -0.469. The Hall–Kier alpha value is -2.91. The van der Waals surface area contributed by atoms with Crippen molar-refractivity contribution in [2.75, 3.05) is 6.26 Å². The molecule has 1 aromatic heterocycles. The van der Waals surface area contributed by atoms with Gasteiger partial charge in [-0.1, -0.05) is 42.1 Å². The molecule has 2 aromatic carbocycles. The van der Waals surface area contributed by atoms with E-state index in [1.807, 2.05) is 18.2 Å². The van der Waals surface area contributed by atoms with Gasteiger partial charge in [0.2, 0.25) is 0 Å². The van der Waals surface area contributed by atoms with E-state index in [0.29, 0.717) is 22.0 Å². The lowest BCUT2D eigenvalue weighted by atomic mass is 9.99. The summed E-state index contributed by atoms with van der Waals surface area (Å²) in [5.74, 6) is -0.278. The van der Waals surface area contributed by atoms with Gasteiger partial charge >= 0.3 is 0 Å². The molecule has 124 valence electrons. The van der Waals surface area contributed by atoms with Crippen LogP contribution in [0.2, 0.25) is 0 Å². The molecule has 0 aliphatic carbocycles. The van der Waals surface area contributed by atoms with Crippen LogP contribution in [0, 0.1) is 24.1 Å². The average molecular weight is 351 g/mol. The van der Waals surface area contributed by atoms with Crippen LogP contribution in [-0.4, -0.2) is 16.2 Å². The van der Waals surface area contributed by atoms with Gasteiger partial charge in [-0.05, 0) is 42.0 Å². The zero-order chi connectivity index (χ0) is 18.0. The number of nitriles is 1. The maximum atomic E-state index is 13.9. The summed E-state index contributed by atoms with van der Waals surface area (Å²) >= 11 is 1.29. The summed E-state index contributed by atoms with van der Waals surface area (Å²) in [5, 5.41) is 9.75. The second-order valence-corrected chi connectivity index (χ2v) is 6.25. The number of benzene rings is 2. The van der Waals surface area contributed by atoms with Crippen molar-refractivity contribution in [3.05, 3.63) is 69.8 Å². The van der Waals surface area contributed by atoms with E-state index in [-0.39, 0.29) is 11.4 Å². The second-order valence-electron chi connectivity index (χ2n) is 5.46. The number of hydrogen-bond acceptors (Lipinski definition) is 4. The van der Waals surface area contributed by atoms with Crippen LogP contribution in [-0.2, 0) is 0 Å². The van der Waals surface area contributed by atoms with Crippen molar-refractivity contribution in [3.8, 4) is 28.5 Å². The van der Waals surface area contributed by atoms with Gasteiger partial charge in [-0.15, -0.1) is 0 Å². The van der Waals surface area contributed by atoms with E-state index < -0.39 is 5.56 Å². The number of rotatable bonds is 3. The number of hydrogen-bond donors (Lipinski definition) is 1. The largest absolute Gasteiger partial charge is 0.300 e. The summed E-state index contributed by atoms with van der Waals surface area (Å²) in [5.41, 5.74) is 2.54. The average Bonchev–Trinajstić information content (AvgIpc) is 2.63. The van der Waals surface area contributed by atoms with E-state index in [4.69, 9.17) is 0 Å². The summed E-state index contributed by atoms with van der Waals surface area (Å²) in [6.45, 7) is 1.71. The normalized spacial score (nSPS) is 10.5. The third-order valence-electron chi connectivity index (χ3n) is 3.84. The third kappa shape index (κ3) is 3.32. The second kappa shape index (κ2) is 6.91. The van der Waals surface area contributed by atoms with Crippen LogP contribution in [0.15, 0.2) is 52.4 Å². The molecule has 1 N–H and O–H groups in total. The number of nitrogens with zero attached hydrogens (tertiary/aromatic N) is 2. The van der Waals surface area contributed by atoms with Gasteiger partial charge in [0.25, 0.3) is 5.56 Å². The molecule has 1 heterocycles. The summed E-state index contributed by atoms with van der Waals surface area (Å²) < 4.78 is 13.9. The molecule has 3 aromatic rings. The smallest absolute Gasteiger partial charge is 0.270 e. The van der Waals surface area contributed by atoms with Crippen molar-refractivity contribution in [3.63, 3.8) is 0 Å². The molecule has 0 saturated carbocycles. The Morgan fingerprint density at radius 3 is 2.56 bits per heavy atom. The van der Waals surface area contributed by atoms with Gasteiger partial charge in [-0.2, -0.15) is 5.26 Å². The monoisotopic (exact) mass is 351 g/mol. The van der Waals surface area contributed by atoms with Crippen LogP contribution in [0.3, 0.4) is 0 Å². The first kappa shape index (κ1) is 16.9. The molecule has 0 radical (unpaired) electrons. The predicted octanol–water partition coefficient (Wildman–Crippen LogP) is 4.15. The van der Waals surface area contributed by atoms with E-state index in [1.54, 1.807) is 37.4 Å². The van der Waals surface area contributed by atoms with Crippen molar-refractivity contribution < 1.29 is 4.39 Å². The quantitative estimate of drug-likeness (QED) is 0.569. The van der Waals surface area contributed by atoms with Crippen molar-refractivity contribution in [1.29, 1.82) is 5.26 Å². The standard InChI is InChI=1S/C19H14FN3OS/c1-11-6-7-13(9-16(11)20)12-4-3-5-14(8-12)17-15(10-21)18(24)23-19(22-17)25-2/h3-9H,1-2H3,(H,22,23,24). The van der Waals surface area contributed by atoms with Crippen LogP contribution in [0.25, 0.3) is 22.4 Å². The molecule has 3 rings (SSSR count). The lowest BCUT2D eigenvalue weighted by molar-refractivity contribution is 0.619. The minimum Gasteiger partial charge on any atom is -0.300 e. The lowest BCUT2D eigenvalue weighted by Gasteiger charge is -2.08. The Kier molecular flexibility index (Phi) is 4.68. The van der Waals surface area contributed by atoms with Gasteiger partial charge in [0, 0.05) is 5.56 Å². The molecule has 0 fully saturated rings. The van der Waals surface area contributed by atoms with Gasteiger partial charge in [0.15, 0.2) is 5.16 Å². The van der Waals surface area contributed by atoms with Crippen LogP contribution >= 0.6 is 11.8 Å². The van der Waals surface area contributed by atoms with Crippen LogP contribution in [0.4, 0.5) is 4.39 Å². The molecule has 0 amide bonds. The number of H-pyrrole nitrogens is 1. The highest BCUT2D eigenvalue weighted by Gasteiger charge is 2.14. The first-order chi connectivity index (χ1) is 12.0. The zero-order valence-electron chi connectivity index (χ0n) is 13.6. The predicted molar refractivity (Wildman–Crippen MR) is 96.9 cm³/mol. The number of aromatic amines is 1. The summed E-state index contributed by atoms with van der Waals surface area (Å²) in [4.78, 5) is 19.0. The van der Waals surface area contributed by atoms with Crippen molar-refractivity contribution in [2.24, 2.45) is 0 Å². The fraction of sp³-hybridized carbons (Fsp3) is 0.105. The third-order valence-corrected chi connectivity index (χ3v) is 4.42. The zero-order valence-corrected chi connectivity index (χ0v) is 14.4. The Morgan fingerprint density at radius 2 is 1.88 bits per heavy atom. The van der Waals surface area contributed by atoms with Crippen LogP contribution < -0.4 is 5.56 Å². The molecule has 0 aliphatic heterocycles. The van der Waals surface area contributed by atoms with Crippen molar-refractivity contribution in [2.45, 2.75) is 12.1 Å². The number of aryl methyl sites for hydroxylation is 1. The highest BCUT2D eigenvalue weighted by Crippen LogP contribution is 2.28. The Bertz CT molecular complexity index is 1050. The van der Waals surface area contributed by atoms with E-state index in [2.05, 4.69) is 9.97 Å². The molecule has 0 spiro atoms. The number of thioether (sulfide) groups is 1. The van der Waals surface area contributed by atoms with Gasteiger partial charge < -0.3 is 4.98 Å². The Labute approximate surface area is 148 Å². The van der Waals surface area contributed by atoms with Gasteiger partial charge in [0.05, 0.1) is 5.69 Å². The molecular weight excluding hydrogens is 337 g/mol. The molecule has 0 unspecified atom stereocenters. The highest BCUT2D eigenvalue weighted by molar-refractivity contribution is 7.98. The van der Waals surface area contributed by atoms with Gasteiger partial charge in [0.1, 0.15) is 17.4 Å². The van der Waals surface area contributed by atoms with Crippen LogP contribution in [0.5, 0.6) is 0 Å². The van der Waals surface area contributed by atoms with Crippen molar-refractivity contribution in [1.82, 2.24) is 9.97 Å². The molecule has 0 bridgehead atoms. The molecule has 0 atom stereocenters. The molecular formula is C19H14FN3OS. The molecule has 0 saturated heterocycles. The topological polar surface area (TPSA) is 69.5 Å². The Balaban J connectivity index is 2.17. The van der Waals surface area contributed by atoms with E-state index in [9.17, 15) is 14.4 Å². The fourth-order valence-electron chi connectivity index (χ4n) is 2.48. The highest BCUT2D eigenvalue weighted by atomic mass is 32.2. The maximum Gasteiger partial charge on any atom is 0.270 e. The summed E-state index contributed by atoms with van der Waals surface area (Å²) in [6.07, 6.45) is 1.79. The fourth-order valence-corrected chi connectivity index (χ4v) is 2.86. The lowest BCUT2D eigenvalue weighted by Crippen LogP contribution is -2.14. The van der Waals surface area contributed by atoms with E-state index >= 15 is 0 Å². The summed E-state index contributed by atoms with van der Waals surface area (Å²) in [7, 11) is 0. The molecule has 4 nitrogen and oxygen atoms in total. The van der Waals surface area contributed by atoms with Crippen LogP contribution in [0.1, 0.15) is 11.1 Å². The SMILES string of the molecule is CSc1nc(-c2cccc(-c3ccc(C)c(F)c3)c2)c(C#N)c(=O)[nH]1. The van der Waals surface area contributed by atoms with Gasteiger partial charge in [-0.25, -0.2) is 9.37 Å². The number of halogens is 1. The summed E-state index contributed by atoms with van der Waals surface area (Å²) in [6, 6.07) is 14.2. The number of aromatic nitrogens is 2. The minimum absolute atomic E-state index is 0.0370. The van der Waals surface area contributed by atoms with E-state index in [1.165, 1.54) is 17.8 Å². The number of nitrogens with one attached hydrogen (secondary N) is 1. The van der Waals surface area contributed by atoms with Gasteiger partial charge in [-0.3, -0.25) is 4.79 Å². The molecule has 6 heteroatoms. The molecule has 25 heavy (non-hydrogen) atoms.